The van der Waals surface area contributed by atoms with Gasteiger partial charge in [-0.1, -0.05) is 23.2 Å². The number of halogens is 4. The molecule has 1 aliphatic rings. The summed E-state index contributed by atoms with van der Waals surface area (Å²) in [6.45, 7) is 3.85. The van der Waals surface area contributed by atoms with E-state index in [1.807, 2.05) is 19.1 Å². The molecule has 3 aromatic rings. The normalized spacial score (nSPS) is 18.7. The molecule has 5 nitrogen and oxygen atoms in total. The number of aromatic nitrogens is 2. The molecule has 4 rings (SSSR count). The van der Waals surface area contributed by atoms with Gasteiger partial charge < -0.3 is 10.6 Å². The van der Waals surface area contributed by atoms with Gasteiger partial charge in [-0.15, -0.1) is 0 Å². The van der Waals surface area contributed by atoms with Crippen molar-refractivity contribution in [2.75, 3.05) is 11.9 Å². The average Bonchev–Trinajstić information content (AvgIpc) is 3.18. The number of nitrogens with zero attached hydrogens (tertiary/aromatic N) is 1. The number of benzene rings is 2. The van der Waals surface area contributed by atoms with E-state index in [2.05, 4.69) is 26.9 Å². The Kier molecular flexibility index (Phi) is 6.33. The van der Waals surface area contributed by atoms with Crippen LogP contribution < -0.4 is 10.6 Å². The third-order valence-electron chi connectivity index (χ3n) is 6.17. The highest BCUT2D eigenvalue weighted by Gasteiger charge is 2.29. The van der Waals surface area contributed by atoms with Crippen LogP contribution in [0.3, 0.4) is 0 Å². The molecule has 1 aliphatic carbocycles. The van der Waals surface area contributed by atoms with Crippen LogP contribution in [0.5, 0.6) is 0 Å². The summed E-state index contributed by atoms with van der Waals surface area (Å²) in [7, 11) is 0. The molecule has 9 heteroatoms. The Morgan fingerprint density at radius 1 is 1.12 bits per heavy atom. The van der Waals surface area contributed by atoms with Gasteiger partial charge in [0.1, 0.15) is 5.82 Å². The van der Waals surface area contributed by atoms with Gasteiger partial charge in [-0.2, -0.15) is 5.10 Å². The van der Waals surface area contributed by atoms with Crippen molar-refractivity contribution < 1.29 is 18.0 Å². The second-order valence-electron chi connectivity index (χ2n) is 8.45. The standard InChI is InChI=1S/C23H24ClF3N4O/c1-11-3-8-16-15(9-11)22(31-30-16)28-10-13-4-6-14(7-5-13)29-23(32)17-18(24)21(27)20(26)12(2)19(17)25/h3,8-9,13-14H,4-7,10H2,1-2H3,(H,29,32)(H2,28,30,31). The van der Waals surface area contributed by atoms with Gasteiger partial charge in [0.15, 0.2) is 17.5 Å². The van der Waals surface area contributed by atoms with Crippen molar-refractivity contribution >= 4 is 34.2 Å². The fourth-order valence-electron chi connectivity index (χ4n) is 4.22. The van der Waals surface area contributed by atoms with Gasteiger partial charge in [0.25, 0.3) is 5.91 Å². The van der Waals surface area contributed by atoms with Crippen molar-refractivity contribution in [2.45, 2.75) is 45.6 Å². The molecule has 1 heterocycles. The summed E-state index contributed by atoms with van der Waals surface area (Å²) in [5, 5.41) is 13.7. The largest absolute Gasteiger partial charge is 0.368 e. The minimum Gasteiger partial charge on any atom is -0.368 e. The lowest BCUT2D eigenvalue weighted by Gasteiger charge is -2.29. The molecule has 170 valence electrons. The Morgan fingerprint density at radius 2 is 1.84 bits per heavy atom. The highest BCUT2D eigenvalue weighted by molar-refractivity contribution is 6.34. The molecule has 0 radical (unpaired) electrons. The van der Waals surface area contributed by atoms with Gasteiger partial charge >= 0.3 is 0 Å². The zero-order chi connectivity index (χ0) is 23.0. The molecule has 0 aliphatic heterocycles. The highest BCUT2D eigenvalue weighted by Crippen LogP contribution is 2.30. The van der Waals surface area contributed by atoms with E-state index < -0.39 is 39.5 Å². The van der Waals surface area contributed by atoms with Crippen molar-refractivity contribution in [2.24, 2.45) is 5.92 Å². The monoisotopic (exact) mass is 464 g/mol. The van der Waals surface area contributed by atoms with E-state index in [0.717, 1.165) is 48.6 Å². The zero-order valence-electron chi connectivity index (χ0n) is 17.8. The number of aromatic amines is 1. The first kappa shape index (κ1) is 22.5. The Balaban J connectivity index is 1.33. The fraction of sp³-hybridized carbons (Fsp3) is 0.391. The third kappa shape index (κ3) is 4.28. The third-order valence-corrected chi connectivity index (χ3v) is 6.52. The Hall–Kier alpha value is -2.74. The van der Waals surface area contributed by atoms with E-state index in [1.165, 1.54) is 0 Å². The van der Waals surface area contributed by atoms with Gasteiger partial charge in [-0.05, 0) is 57.6 Å². The predicted octanol–water partition coefficient (Wildman–Crippen LogP) is 5.65. The maximum Gasteiger partial charge on any atom is 0.256 e. The molecule has 2 aromatic carbocycles. The first-order valence-electron chi connectivity index (χ1n) is 10.6. The van der Waals surface area contributed by atoms with E-state index in [-0.39, 0.29) is 6.04 Å². The number of aryl methyl sites for hydroxylation is 1. The smallest absolute Gasteiger partial charge is 0.256 e. The molecule has 0 spiro atoms. The van der Waals surface area contributed by atoms with Gasteiger partial charge in [0.2, 0.25) is 0 Å². The fourth-order valence-corrected chi connectivity index (χ4v) is 4.47. The first-order valence-corrected chi connectivity index (χ1v) is 11.0. The van der Waals surface area contributed by atoms with Crippen LogP contribution >= 0.6 is 11.6 Å². The second-order valence-corrected chi connectivity index (χ2v) is 8.83. The second kappa shape index (κ2) is 9.02. The van der Waals surface area contributed by atoms with Gasteiger partial charge in [-0.25, -0.2) is 13.2 Å². The SMILES string of the molecule is Cc1ccc2[nH]nc(NCC3CCC(NC(=O)c4c(F)c(C)c(F)c(F)c4Cl)CC3)c2c1. The number of hydrogen-bond donors (Lipinski definition) is 3. The molecule has 0 atom stereocenters. The summed E-state index contributed by atoms with van der Waals surface area (Å²) in [6.07, 6.45) is 3.10. The Bertz CT molecular complexity index is 1140. The van der Waals surface area contributed by atoms with Crippen LogP contribution in [0.1, 0.15) is 47.2 Å². The van der Waals surface area contributed by atoms with Crippen molar-refractivity contribution in [1.29, 1.82) is 0 Å². The topological polar surface area (TPSA) is 69.8 Å². The van der Waals surface area contributed by atoms with Crippen molar-refractivity contribution in [3.05, 3.63) is 57.4 Å². The Morgan fingerprint density at radius 3 is 2.56 bits per heavy atom. The van der Waals surface area contributed by atoms with Crippen LogP contribution in [-0.4, -0.2) is 28.7 Å². The summed E-state index contributed by atoms with van der Waals surface area (Å²) in [5.41, 5.74) is 0.925. The number of nitrogens with one attached hydrogen (secondary N) is 3. The maximum absolute atomic E-state index is 14.4. The molecule has 1 saturated carbocycles. The number of hydrogen-bond acceptors (Lipinski definition) is 3. The predicted molar refractivity (Wildman–Crippen MR) is 119 cm³/mol. The zero-order valence-corrected chi connectivity index (χ0v) is 18.5. The van der Waals surface area contributed by atoms with Gasteiger partial charge in [0, 0.05) is 23.5 Å². The minimum absolute atomic E-state index is 0.184. The van der Waals surface area contributed by atoms with Crippen LogP contribution in [0.15, 0.2) is 18.2 Å². The highest BCUT2D eigenvalue weighted by atomic mass is 35.5. The van der Waals surface area contributed by atoms with E-state index in [4.69, 9.17) is 11.6 Å². The number of amides is 1. The van der Waals surface area contributed by atoms with E-state index in [1.54, 1.807) is 0 Å². The molecule has 3 N–H and O–H groups in total. The van der Waals surface area contributed by atoms with E-state index in [0.29, 0.717) is 18.8 Å². The van der Waals surface area contributed by atoms with Gasteiger partial charge in [-0.3, -0.25) is 9.89 Å². The lowest BCUT2D eigenvalue weighted by molar-refractivity contribution is 0.0918. The first-order chi connectivity index (χ1) is 15.3. The van der Waals surface area contributed by atoms with Crippen LogP contribution in [0.4, 0.5) is 19.0 Å². The van der Waals surface area contributed by atoms with Crippen LogP contribution in [0.2, 0.25) is 5.02 Å². The molecule has 32 heavy (non-hydrogen) atoms. The molecule has 1 amide bonds. The Labute approximate surface area is 188 Å². The number of H-pyrrole nitrogens is 1. The number of fused-ring (bicyclic) bond motifs is 1. The van der Waals surface area contributed by atoms with E-state index in [9.17, 15) is 18.0 Å². The van der Waals surface area contributed by atoms with Gasteiger partial charge in [0.05, 0.1) is 16.1 Å². The van der Waals surface area contributed by atoms with Crippen molar-refractivity contribution in [3.8, 4) is 0 Å². The quantitative estimate of drug-likeness (QED) is 0.337. The summed E-state index contributed by atoms with van der Waals surface area (Å²) in [5.74, 6) is -3.54. The molecular formula is C23H24ClF3N4O. The van der Waals surface area contributed by atoms with Crippen LogP contribution in [-0.2, 0) is 0 Å². The van der Waals surface area contributed by atoms with Crippen molar-refractivity contribution in [1.82, 2.24) is 15.5 Å². The molecular weight excluding hydrogens is 441 g/mol. The maximum atomic E-state index is 14.4. The number of anilines is 1. The number of carbonyl (C=O) groups is 1. The summed E-state index contributed by atoms with van der Waals surface area (Å²) in [4.78, 5) is 12.5. The van der Waals surface area contributed by atoms with E-state index >= 15 is 0 Å². The van der Waals surface area contributed by atoms with Crippen LogP contribution in [0.25, 0.3) is 10.9 Å². The van der Waals surface area contributed by atoms with Crippen LogP contribution in [0, 0.1) is 37.2 Å². The molecule has 0 saturated heterocycles. The molecule has 0 unspecified atom stereocenters. The lowest BCUT2D eigenvalue weighted by atomic mass is 9.86. The summed E-state index contributed by atoms with van der Waals surface area (Å²) < 4.78 is 41.9. The van der Waals surface area contributed by atoms with Crippen molar-refractivity contribution in [3.63, 3.8) is 0 Å². The number of carbonyl (C=O) groups excluding carboxylic acids is 1. The lowest BCUT2D eigenvalue weighted by Crippen LogP contribution is -2.39. The summed E-state index contributed by atoms with van der Waals surface area (Å²) >= 11 is 5.72. The summed E-state index contributed by atoms with van der Waals surface area (Å²) in [6, 6.07) is 5.93. The minimum atomic E-state index is -1.41. The molecule has 1 fully saturated rings. The number of rotatable bonds is 5. The molecule has 0 bridgehead atoms. The average molecular weight is 465 g/mol. The molecule has 1 aromatic heterocycles.